The summed E-state index contributed by atoms with van der Waals surface area (Å²) in [6.45, 7) is 7.08. The second-order valence-electron chi connectivity index (χ2n) is 8.23. The maximum atomic E-state index is 12.9. The second kappa shape index (κ2) is 9.57. The fourth-order valence-electron chi connectivity index (χ4n) is 3.69. The summed E-state index contributed by atoms with van der Waals surface area (Å²) in [7, 11) is 0. The molecular formula is C24H29N3O3. The van der Waals surface area contributed by atoms with Crippen molar-refractivity contribution in [3.8, 4) is 0 Å². The van der Waals surface area contributed by atoms with E-state index in [9.17, 15) is 14.4 Å². The molecule has 1 aliphatic rings. The summed E-state index contributed by atoms with van der Waals surface area (Å²) >= 11 is 0. The lowest BCUT2D eigenvalue weighted by Crippen LogP contribution is -2.32. The molecule has 0 saturated carbocycles. The molecule has 1 aliphatic heterocycles. The Morgan fingerprint density at radius 2 is 1.70 bits per heavy atom. The van der Waals surface area contributed by atoms with Gasteiger partial charge in [-0.3, -0.25) is 14.4 Å². The highest BCUT2D eigenvalue weighted by atomic mass is 16.2. The Morgan fingerprint density at radius 3 is 2.40 bits per heavy atom. The van der Waals surface area contributed by atoms with E-state index < -0.39 is 5.92 Å². The van der Waals surface area contributed by atoms with Crippen molar-refractivity contribution in [1.29, 1.82) is 0 Å². The van der Waals surface area contributed by atoms with Crippen LogP contribution < -0.4 is 10.6 Å². The van der Waals surface area contributed by atoms with Crippen LogP contribution in [0.15, 0.2) is 54.6 Å². The summed E-state index contributed by atoms with van der Waals surface area (Å²) in [5.74, 6) is -0.536. The highest BCUT2D eigenvalue weighted by Gasteiger charge is 2.34. The van der Waals surface area contributed by atoms with Crippen LogP contribution in [-0.2, 0) is 9.59 Å². The van der Waals surface area contributed by atoms with E-state index >= 15 is 0 Å². The molecule has 0 radical (unpaired) electrons. The van der Waals surface area contributed by atoms with Crippen LogP contribution in [0.5, 0.6) is 0 Å². The Morgan fingerprint density at radius 1 is 1.03 bits per heavy atom. The molecule has 2 atom stereocenters. The molecule has 1 fully saturated rings. The third-order valence-electron chi connectivity index (χ3n) is 5.25. The van der Waals surface area contributed by atoms with Gasteiger partial charge >= 0.3 is 0 Å². The number of para-hydroxylation sites is 1. The molecule has 0 aliphatic carbocycles. The molecule has 3 amide bonds. The number of carbonyl (C=O) groups is 3. The number of hydrogen-bond acceptors (Lipinski definition) is 3. The average molecular weight is 408 g/mol. The van der Waals surface area contributed by atoms with Gasteiger partial charge in [0.1, 0.15) is 0 Å². The van der Waals surface area contributed by atoms with Gasteiger partial charge in [0.15, 0.2) is 0 Å². The SMILES string of the molecule is CC(C)CN1CC(C(=O)Nc2ccccc2C(=O)NC(C)c2ccccc2)CC1=O. The topological polar surface area (TPSA) is 78.5 Å². The first-order chi connectivity index (χ1) is 14.3. The Labute approximate surface area is 177 Å². The molecular weight excluding hydrogens is 378 g/mol. The van der Waals surface area contributed by atoms with Crippen LogP contribution in [0.2, 0.25) is 0 Å². The lowest BCUT2D eigenvalue weighted by molar-refractivity contribution is -0.128. The number of rotatable bonds is 7. The normalized spacial score (nSPS) is 17.1. The first-order valence-electron chi connectivity index (χ1n) is 10.4. The zero-order valence-corrected chi connectivity index (χ0v) is 17.7. The minimum Gasteiger partial charge on any atom is -0.345 e. The highest BCUT2D eigenvalue weighted by molar-refractivity contribution is 6.05. The van der Waals surface area contributed by atoms with E-state index in [0.717, 1.165) is 5.56 Å². The summed E-state index contributed by atoms with van der Waals surface area (Å²) < 4.78 is 0. The molecule has 2 unspecified atom stereocenters. The van der Waals surface area contributed by atoms with Crippen LogP contribution >= 0.6 is 0 Å². The summed E-state index contributed by atoms with van der Waals surface area (Å²) in [6.07, 6.45) is 0.206. The standard InChI is InChI=1S/C24H29N3O3/c1-16(2)14-27-15-19(13-22(27)28)23(29)26-21-12-8-7-11-20(21)24(30)25-17(3)18-9-5-4-6-10-18/h4-12,16-17,19H,13-15H2,1-3H3,(H,25,30)(H,26,29). The first kappa shape index (κ1) is 21.6. The van der Waals surface area contributed by atoms with Crippen molar-refractivity contribution in [2.45, 2.75) is 33.2 Å². The van der Waals surface area contributed by atoms with Gasteiger partial charge in [-0.2, -0.15) is 0 Å². The van der Waals surface area contributed by atoms with Gasteiger partial charge in [-0.05, 0) is 30.5 Å². The highest BCUT2D eigenvalue weighted by Crippen LogP contribution is 2.23. The predicted molar refractivity (Wildman–Crippen MR) is 117 cm³/mol. The van der Waals surface area contributed by atoms with Crippen molar-refractivity contribution in [3.63, 3.8) is 0 Å². The third kappa shape index (κ3) is 5.26. The van der Waals surface area contributed by atoms with E-state index in [2.05, 4.69) is 10.6 Å². The van der Waals surface area contributed by atoms with Crippen LogP contribution in [-0.4, -0.2) is 35.7 Å². The maximum Gasteiger partial charge on any atom is 0.253 e. The second-order valence-corrected chi connectivity index (χ2v) is 8.23. The molecule has 0 aromatic heterocycles. The van der Waals surface area contributed by atoms with E-state index in [0.29, 0.717) is 30.3 Å². The maximum absolute atomic E-state index is 12.9. The number of likely N-dealkylation sites (tertiary alicyclic amines) is 1. The zero-order valence-electron chi connectivity index (χ0n) is 17.7. The fourth-order valence-corrected chi connectivity index (χ4v) is 3.69. The number of benzene rings is 2. The summed E-state index contributed by atoms with van der Waals surface area (Å²) in [5.41, 5.74) is 1.86. The Kier molecular flexibility index (Phi) is 6.87. The van der Waals surface area contributed by atoms with Crippen molar-refractivity contribution in [3.05, 3.63) is 65.7 Å². The molecule has 2 N–H and O–H groups in total. The lowest BCUT2D eigenvalue weighted by Gasteiger charge is -2.19. The van der Waals surface area contributed by atoms with Gasteiger partial charge in [-0.15, -0.1) is 0 Å². The predicted octanol–water partition coefficient (Wildman–Crippen LogP) is 3.62. The molecule has 2 aromatic carbocycles. The van der Waals surface area contributed by atoms with Gasteiger partial charge in [0, 0.05) is 19.5 Å². The van der Waals surface area contributed by atoms with Gasteiger partial charge in [-0.1, -0.05) is 56.3 Å². The number of amides is 3. The monoisotopic (exact) mass is 407 g/mol. The summed E-state index contributed by atoms with van der Waals surface area (Å²) in [6, 6.07) is 16.5. The molecule has 2 aromatic rings. The summed E-state index contributed by atoms with van der Waals surface area (Å²) in [4.78, 5) is 39.6. The van der Waals surface area contributed by atoms with E-state index in [-0.39, 0.29) is 30.2 Å². The molecule has 158 valence electrons. The Bertz CT molecular complexity index is 911. The van der Waals surface area contributed by atoms with Crippen LogP contribution in [0.4, 0.5) is 5.69 Å². The molecule has 1 heterocycles. The number of anilines is 1. The molecule has 3 rings (SSSR count). The van der Waals surface area contributed by atoms with Crippen LogP contribution in [0.25, 0.3) is 0 Å². The van der Waals surface area contributed by atoms with E-state index in [1.807, 2.05) is 51.1 Å². The van der Waals surface area contributed by atoms with Gasteiger partial charge in [0.05, 0.1) is 23.2 Å². The van der Waals surface area contributed by atoms with Gasteiger partial charge in [-0.25, -0.2) is 0 Å². The van der Waals surface area contributed by atoms with Gasteiger partial charge in [0.2, 0.25) is 11.8 Å². The van der Waals surface area contributed by atoms with Crippen molar-refractivity contribution in [2.24, 2.45) is 11.8 Å². The van der Waals surface area contributed by atoms with E-state index in [4.69, 9.17) is 0 Å². The number of nitrogens with zero attached hydrogens (tertiary/aromatic N) is 1. The molecule has 6 nitrogen and oxygen atoms in total. The van der Waals surface area contributed by atoms with Gasteiger partial charge < -0.3 is 15.5 Å². The van der Waals surface area contributed by atoms with Crippen LogP contribution in [0, 0.1) is 11.8 Å². The van der Waals surface area contributed by atoms with Crippen molar-refractivity contribution in [1.82, 2.24) is 10.2 Å². The molecule has 6 heteroatoms. The molecule has 0 bridgehead atoms. The molecule has 30 heavy (non-hydrogen) atoms. The van der Waals surface area contributed by atoms with Crippen LogP contribution in [0.1, 0.15) is 49.2 Å². The largest absolute Gasteiger partial charge is 0.345 e. The van der Waals surface area contributed by atoms with E-state index in [1.165, 1.54) is 0 Å². The fraction of sp³-hybridized carbons (Fsp3) is 0.375. The molecule has 0 spiro atoms. The zero-order chi connectivity index (χ0) is 21.7. The van der Waals surface area contributed by atoms with Crippen molar-refractivity contribution in [2.75, 3.05) is 18.4 Å². The van der Waals surface area contributed by atoms with Crippen molar-refractivity contribution < 1.29 is 14.4 Å². The number of carbonyl (C=O) groups excluding carboxylic acids is 3. The van der Waals surface area contributed by atoms with Crippen LogP contribution in [0.3, 0.4) is 0 Å². The smallest absolute Gasteiger partial charge is 0.253 e. The summed E-state index contributed by atoms with van der Waals surface area (Å²) in [5, 5.41) is 5.84. The van der Waals surface area contributed by atoms with Gasteiger partial charge in [0.25, 0.3) is 5.91 Å². The number of nitrogens with one attached hydrogen (secondary N) is 2. The minimum atomic E-state index is -0.407. The lowest BCUT2D eigenvalue weighted by atomic mass is 10.1. The van der Waals surface area contributed by atoms with E-state index in [1.54, 1.807) is 29.2 Å². The Hall–Kier alpha value is -3.15. The third-order valence-corrected chi connectivity index (χ3v) is 5.25. The molecule has 1 saturated heterocycles. The average Bonchev–Trinajstić information content (AvgIpc) is 3.08. The number of hydrogen-bond donors (Lipinski definition) is 2. The quantitative estimate of drug-likeness (QED) is 0.736. The minimum absolute atomic E-state index is 0.00608. The first-order valence-corrected chi connectivity index (χ1v) is 10.4. The Balaban J connectivity index is 1.67. The van der Waals surface area contributed by atoms with Crippen molar-refractivity contribution >= 4 is 23.4 Å².